The van der Waals surface area contributed by atoms with Gasteiger partial charge in [0.15, 0.2) is 0 Å². The summed E-state index contributed by atoms with van der Waals surface area (Å²) in [5, 5.41) is 8.30. The lowest BCUT2D eigenvalue weighted by Crippen LogP contribution is -2.28. The van der Waals surface area contributed by atoms with E-state index in [1.54, 1.807) is 6.07 Å². The minimum absolute atomic E-state index is 0.00130. The summed E-state index contributed by atoms with van der Waals surface area (Å²) in [6.07, 6.45) is 0. The second-order valence-electron chi connectivity index (χ2n) is 3.57. The molecule has 0 saturated carbocycles. The highest BCUT2D eigenvalue weighted by Gasteiger charge is 2.16. The van der Waals surface area contributed by atoms with E-state index in [1.807, 2.05) is 37.3 Å². The van der Waals surface area contributed by atoms with Gasteiger partial charge in [-0.05, 0) is 11.5 Å². The summed E-state index contributed by atoms with van der Waals surface area (Å²) >= 11 is 0. The quantitative estimate of drug-likeness (QED) is 0.784. The average Bonchev–Trinajstić information content (AvgIpc) is 2.27. The Hall–Kier alpha value is -1.38. The fourth-order valence-corrected chi connectivity index (χ4v) is 2.66. The van der Waals surface area contributed by atoms with Crippen LogP contribution in [0, 0.1) is 11.3 Å². The molecule has 1 atom stereocenters. The third kappa shape index (κ3) is 4.01. The summed E-state index contributed by atoms with van der Waals surface area (Å²) in [4.78, 5) is 0. The van der Waals surface area contributed by atoms with E-state index in [0.29, 0.717) is 0 Å². The zero-order valence-electron chi connectivity index (χ0n) is 9.05. The molecule has 86 valence electrons. The maximum Gasteiger partial charge on any atom is 0.213 e. The van der Waals surface area contributed by atoms with E-state index in [2.05, 4.69) is 4.72 Å². The highest BCUT2D eigenvalue weighted by atomic mass is 32.2. The summed E-state index contributed by atoms with van der Waals surface area (Å²) in [6.45, 7) is 1.67. The molecular formula is C11H14N2O2S. The second kappa shape index (κ2) is 5.64. The Morgan fingerprint density at radius 3 is 2.56 bits per heavy atom. The van der Waals surface area contributed by atoms with Crippen LogP contribution in [0.25, 0.3) is 0 Å². The van der Waals surface area contributed by atoms with Crippen LogP contribution in [0.3, 0.4) is 0 Å². The van der Waals surface area contributed by atoms with Gasteiger partial charge in [-0.3, -0.25) is 0 Å². The Kier molecular flexibility index (Phi) is 4.47. The molecule has 0 spiro atoms. The lowest BCUT2D eigenvalue weighted by atomic mass is 10.0. The zero-order valence-corrected chi connectivity index (χ0v) is 9.87. The topological polar surface area (TPSA) is 70.0 Å². The monoisotopic (exact) mass is 238 g/mol. The predicted octanol–water partition coefficient (Wildman–Crippen LogP) is 1.23. The lowest BCUT2D eigenvalue weighted by molar-refractivity contribution is 0.580. The van der Waals surface area contributed by atoms with Gasteiger partial charge >= 0.3 is 0 Å². The van der Waals surface area contributed by atoms with Gasteiger partial charge in [-0.1, -0.05) is 37.3 Å². The molecule has 16 heavy (non-hydrogen) atoms. The van der Waals surface area contributed by atoms with E-state index in [0.717, 1.165) is 5.56 Å². The van der Waals surface area contributed by atoms with Gasteiger partial charge in [-0.2, -0.15) is 5.26 Å². The van der Waals surface area contributed by atoms with Crippen molar-refractivity contribution in [2.75, 3.05) is 12.3 Å². The third-order valence-electron chi connectivity index (χ3n) is 2.21. The maximum absolute atomic E-state index is 11.5. The van der Waals surface area contributed by atoms with Crippen LogP contribution in [0.5, 0.6) is 0 Å². The molecule has 1 N–H and O–H groups in total. The van der Waals surface area contributed by atoms with Crippen LogP contribution in [0.2, 0.25) is 0 Å². The van der Waals surface area contributed by atoms with Gasteiger partial charge < -0.3 is 0 Å². The number of nitriles is 1. The third-order valence-corrected chi connectivity index (χ3v) is 3.73. The summed E-state index contributed by atoms with van der Waals surface area (Å²) in [6, 6.07) is 11.2. The number of hydrogen-bond donors (Lipinski definition) is 1. The number of nitrogens with one attached hydrogen (secondary N) is 1. The first-order valence-corrected chi connectivity index (χ1v) is 6.59. The molecule has 0 heterocycles. The van der Waals surface area contributed by atoms with Gasteiger partial charge in [-0.25, -0.2) is 13.1 Å². The molecule has 4 nitrogen and oxygen atoms in total. The Morgan fingerprint density at radius 1 is 1.38 bits per heavy atom. The molecular weight excluding hydrogens is 224 g/mol. The minimum atomic E-state index is -3.36. The van der Waals surface area contributed by atoms with Gasteiger partial charge in [0.05, 0.1) is 18.4 Å². The van der Waals surface area contributed by atoms with Crippen molar-refractivity contribution in [3.63, 3.8) is 0 Å². The largest absolute Gasteiger partial charge is 0.213 e. The van der Waals surface area contributed by atoms with Gasteiger partial charge in [0.2, 0.25) is 10.0 Å². The van der Waals surface area contributed by atoms with Gasteiger partial charge in [0.25, 0.3) is 0 Å². The van der Waals surface area contributed by atoms with E-state index in [9.17, 15) is 8.42 Å². The molecule has 0 saturated heterocycles. The van der Waals surface area contributed by atoms with Crippen LogP contribution in [-0.4, -0.2) is 20.7 Å². The molecule has 0 aliphatic carbocycles. The predicted molar refractivity (Wildman–Crippen MR) is 62.3 cm³/mol. The van der Waals surface area contributed by atoms with Crippen molar-refractivity contribution in [3.05, 3.63) is 35.9 Å². The molecule has 1 rings (SSSR count). The molecule has 0 aliphatic rings. The summed E-state index contributed by atoms with van der Waals surface area (Å²) in [5.74, 6) is -0.0870. The SMILES string of the molecule is CC(CS(=O)(=O)NCC#N)c1ccccc1. The fourth-order valence-electron chi connectivity index (χ4n) is 1.41. The average molecular weight is 238 g/mol. The fraction of sp³-hybridized carbons (Fsp3) is 0.364. The molecule has 1 aromatic carbocycles. The number of hydrogen-bond acceptors (Lipinski definition) is 3. The van der Waals surface area contributed by atoms with Crippen LogP contribution in [0.1, 0.15) is 18.4 Å². The molecule has 1 unspecified atom stereocenters. The van der Waals surface area contributed by atoms with E-state index < -0.39 is 10.0 Å². The first-order chi connectivity index (χ1) is 7.55. The van der Waals surface area contributed by atoms with Crippen molar-refractivity contribution in [1.29, 1.82) is 5.26 Å². The molecule has 0 aromatic heterocycles. The van der Waals surface area contributed by atoms with E-state index in [-0.39, 0.29) is 18.2 Å². The van der Waals surface area contributed by atoms with Crippen molar-refractivity contribution in [3.8, 4) is 6.07 Å². The number of sulfonamides is 1. The summed E-state index contributed by atoms with van der Waals surface area (Å²) < 4.78 is 25.2. The van der Waals surface area contributed by atoms with Crippen molar-refractivity contribution >= 4 is 10.0 Å². The van der Waals surface area contributed by atoms with Gasteiger partial charge in [-0.15, -0.1) is 0 Å². The van der Waals surface area contributed by atoms with Crippen molar-refractivity contribution in [2.45, 2.75) is 12.8 Å². The Morgan fingerprint density at radius 2 is 2.00 bits per heavy atom. The van der Waals surface area contributed by atoms with Crippen molar-refractivity contribution in [1.82, 2.24) is 4.72 Å². The van der Waals surface area contributed by atoms with Crippen LogP contribution >= 0.6 is 0 Å². The molecule has 1 aromatic rings. The van der Waals surface area contributed by atoms with E-state index in [1.165, 1.54) is 0 Å². The lowest BCUT2D eigenvalue weighted by Gasteiger charge is -2.11. The van der Waals surface area contributed by atoms with E-state index in [4.69, 9.17) is 5.26 Å². The smallest absolute Gasteiger partial charge is 0.212 e. The van der Waals surface area contributed by atoms with Gasteiger partial charge in [0, 0.05) is 0 Å². The van der Waals surface area contributed by atoms with Crippen LogP contribution in [0.15, 0.2) is 30.3 Å². The van der Waals surface area contributed by atoms with Crippen LogP contribution in [0.4, 0.5) is 0 Å². The summed E-state index contributed by atoms with van der Waals surface area (Å²) in [5.41, 5.74) is 0.977. The Balaban J connectivity index is 2.65. The minimum Gasteiger partial charge on any atom is -0.212 e. The Bertz CT molecular complexity index is 463. The first kappa shape index (κ1) is 12.7. The van der Waals surface area contributed by atoms with E-state index >= 15 is 0 Å². The molecule has 0 amide bonds. The molecule has 0 bridgehead atoms. The molecule has 0 aliphatic heterocycles. The van der Waals surface area contributed by atoms with Crippen LogP contribution < -0.4 is 4.72 Å². The normalized spacial score (nSPS) is 13.0. The van der Waals surface area contributed by atoms with Gasteiger partial charge in [0.1, 0.15) is 0 Å². The number of rotatable bonds is 5. The highest BCUT2D eigenvalue weighted by molar-refractivity contribution is 7.89. The molecule has 5 heteroatoms. The van der Waals surface area contributed by atoms with Crippen molar-refractivity contribution < 1.29 is 8.42 Å². The first-order valence-electron chi connectivity index (χ1n) is 4.94. The zero-order chi connectivity index (χ0) is 12.0. The summed E-state index contributed by atoms with van der Waals surface area (Å²) in [7, 11) is -3.36. The Labute approximate surface area is 96.0 Å². The highest BCUT2D eigenvalue weighted by Crippen LogP contribution is 2.15. The van der Waals surface area contributed by atoms with Crippen LogP contribution in [-0.2, 0) is 10.0 Å². The molecule has 0 radical (unpaired) electrons. The van der Waals surface area contributed by atoms with Crippen molar-refractivity contribution in [2.24, 2.45) is 0 Å². The second-order valence-corrected chi connectivity index (χ2v) is 5.42. The standard InChI is InChI=1S/C11H14N2O2S/c1-10(11-5-3-2-4-6-11)9-16(14,15)13-8-7-12/h2-6,10,13H,8-9H2,1H3. The number of nitrogens with zero attached hydrogens (tertiary/aromatic N) is 1. The molecule has 0 fully saturated rings. The number of benzene rings is 1. The maximum atomic E-state index is 11.5.